The quantitative estimate of drug-likeness (QED) is 0.680. The van der Waals surface area contributed by atoms with Crippen LogP contribution in [-0.2, 0) is 19.1 Å². The predicted molar refractivity (Wildman–Crippen MR) is 53.2 cm³/mol. The molecule has 0 amide bonds. The number of carbonyl (C=O) groups is 2. The third-order valence-corrected chi connectivity index (χ3v) is 2.29. The summed E-state index contributed by atoms with van der Waals surface area (Å²) >= 11 is 0. The molecule has 0 saturated carbocycles. The standard InChI is InChI=1S/C10H17NO4/c1-3-14-9(12)7-5-6-8(11-7)10(13)15-4-2/h7-8,11H,3-6H2,1-2H3. The summed E-state index contributed by atoms with van der Waals surface area (Å²) in [5, 5.41) is 2.91. The van der Waals surface area contributed by atoms with E-state index in [2.05, 4.69) is 5.32 Å². The Balaban J connectivity index is 2.38. The van der Waals surface area contributed by atoms with Crippen molar-refractivity contribution in [2.75, 3.05) is 13.2 Å². The molecule has 0 aromatic rings. The monoisotopic (exact) mass is 215 g/mol. The molecule has 0 aromatic carbocycles. The second kappa shape index (κ2) is 5.70. The van der Waals surface area contributed by atoms with Crippen molar-refractivity contribution in [3.05, 3.63) is 0 Å². The lowest BCUT2D eigenvalue weighted by Crippen LogP contribution is -2.41. The maximum atomic E-state index is 11.3. The Morgan fingerprint density at radius 2 is 1.47 bits per heavy atom. The second-order valence-corrected chi connectivity index (χ2v) is 3.35. The number of rotatable bonds is 4. The van der Waals surface area contributed by atoms with E-state index < -0.39 is 0 Å². The zero-order valence-corrected chi connectivity index (χ0v) is 9.12. The van der Waals surface area contributed by atoms with E-state index in [0.717, 1.165) is 0 Å². The van der Waals surface area contributed by atoms with E-state index in [1.807, 2.05) is 0 Å². The van der Waals surface area contributed by atoms with Gasteiger partial charge in [-0.05, 0) is 26.7 Å². The van der Waals surface area contributed by atoms with Crippen LogP contribution in [0.5, 0.6) is 0 Å². The molecule has 2 atom stereocenters. The smallest absolute Gasteiger partial charge is 0.323 e. The van der Waals surface area contributed by atoms with Gasteiger partial charge in [0.15, 0.2) is 0 Å². The Kier molecular flexibility index (Phi) is 4.55. The first-order chi connectivity index (χ1) is 7.19. The number of hydrogen-bond donors (Lipinski definition) is 1. The zero-order valence-electron chi connectivity index (χ0n) is 9.12. The molecule has 0 spiro atoms. The fourth-order valence-corrected chi connectivity index (χ4v) is 1.60. The summed E-state index contributed by atoms with van der Waals surface area (Å²) in [6, 6.07) is -0.723. The molecule has 1 aliphatic heterocycles. The Labute approximate surface area is 89.1 Å². The third-order valence-electron chi connectivity index (χ3n) is 2.29. The van der Waals surface area contributed by atoms with Crippen LogP contribution >= 0.6 is 0 Å². The molecule has 0 radical (unpaired) electrons. The van der Waals surface area contributed by atoms with Gasteiger partial charge < -0.3 is 9.47 Å². The lowest BCUT2D eigenvalue weighted by Gasteiger charge is -2.12. The van der Waals surface area contributed by atoms with Gasteiger partial charge in [0.25, 0.3) is 0 Å². The molecule has 1 fully saturated rings. The molecule has 0 bridgehead atoms. The van der Waals surface area contributed by atoms with Gasteiger partial charge in [0, 0.05) is 0 Å². The maximum absolute atomic E-state index is 11.3. The molecule has 1 rings (SSSR count). The van der Waals surface area contributed by atoms with Gasteiger partial charge in [-0.3, -0.25) is 14.9 Å². The first-order valence-electron chi connectivity index (χ1n) is 5.28. The van der Waals surface area contributed by atoms with E-state index in [4.69, 9.17) is 9.47 Å². The van der Waals surface area contributed by atoms with E-state index in [1.165, 1.54) is 0 Å². The molecule has 0 aliphatic carbocycles. The van der Waals surface area contributed by atoms with Gasteiger partial charge in [0.1, 0.15) is 12.1 Å². The minimum atomic E-state index is -0.362. The van der Waals surface area contributed by atoms with Crippen molar-refractivity contribution >= 4 is 11.9 Å². The SMILES string of the molecule is CCOC(=O)C1CCC(C(=O)OCC)N1. The van der Waals surface area contributed by atoms with Gasteiger partial charge in [-0.1, -0.05) is 0 Å². The van der Waals surface area contributed by atoms with E-state index in [1.54, 1.807) is 13.8 Å². The van der Waals surface area contributed by atoms with Crippen LogP contribution in [0.25, 0.3) is 0 Å². The maximum Gasteiger partial charge on any atom is 0.323 e. The van der Waals surface area contributed by atoms with Gasteiger partial charge in [-0.25, -0.2) is 0 Å². The van der Waals surface area contributed by atoms with Crippen molar-refractivity contribution < 1.29 is 19.1 Å². The topological polar surface area (TPSA) is 64.6 Å². The number of hydrogen-bond acceptors (Lipinski definition) is 5. The Morgan fingerprint density at radius 3 is 1.80 bits per heavy atom. The predicted octanol–water partition coefficient (Wildman–Crippen LogP) is 0.233. The summed E-state index contributed by atoms with van der Waals surface area (Å²) in [4.78, 5) is 22.7. The molecule has 15 heavy (non-hydrogen) atoms. The van der Waals surface area contributed by atoms with Gasteiger partial charge in [0.2, 0.25) is 0 Å². The van der Waals surface area contributed by atoms with Crippen LogP contribution in [0.15, 0.2) is 0 Å². The number of nitrogens with one attached hydrogen (secondary N) is 1. The van der Waals surface area contributed by atoms with Crippen molar-refractivity contribution in [3.8, 4) is 0 Å². The Bertz CT molecular complexity index is 218. The summed E-state index contributed by atoms with van der Waals surface area (Å²) in [5.41, 5.74) is 0. The minimum absolute atomic E-state index is 0.288. The highest BCUT2D eigenvalue weighted by molar-refractivity contribution is 5.81. The summed E-state index contributed by atoms with van der Waals surface area (Å²) in [6.07, 6.45) is 1.25. The summed E-state index contributed by atoms with van der Waals surface area (Å²) in [6.45, 7) is 4.24. The fourth-order valence-electron chi connectivity index (χ4n) is 1.60. The third kappa shape index (κ3) is 3.20. The fraction of sp³-hybridized carbons (Fsp3) is 0.800. The Morgan fingerprint density at radius 1 is 1.07 bits per heavy atom. The van der Waals surface area contributed by atoms with Crippen molar-refractivity contribution in [1.82, 2.24) is 5.32 Å². The molecular weight excluding hydrogens is 198 g/mol. The summed E-state index contributed by atoms with van der Waals surface area (Å²) in [5.74, 6) is -0.575. The van der Waals surface area contributed by atoms with Crippen LogP contribution in [-0.4, -0.2) is 37.2 Å². The van der Waals surface area contributed by atoms with Gasteiger partial charge in [0.05, 0.1) is 13.2 Å². The van der Waals surface area contributed by atoms with Crippen molar-refractivity contribution in [2.24, 2.45) is 0 Å². The minimum Gasteiger partial charge on any atom is -0.465 e. The van der Waals surface area contributed by atoms with Crippen LogP contribution in [0.3, 0.4) is 0 Å². The van der Waals surface area contributed by atoms with Gasteiger partial charge in [-0.2, -0.15) is 0 Å². The van der Waals surface area contributed by atoms with Crippen LogP contribution in [0, 0.1) is 0 Å². The van der Waals surface area contributed by atoms with Crippen molar-refractivity contribution in [1.29, 1.82) is 0 Å². The first-order valence-corrected chi connectivity index (χ1v) is 5.28. The highest BCUT2D eigenvalue weighted by Crippen LogP contribution is 2.14. The lowest BCUT2D eigenvalue weighted by atomic mass is 10.2. The van der Waals surface area contributed by atoms with E-state index >= 15 is 0 Å². The zero-order chi connectivity index (χ0) is 11.3. The highest BCUT2D eigenvalue weighted by atomic mass is 16.5. The molecule has 86 valence electrons. The van der Waals surface area contributed by atoms with Crippen LogP contribution < -0.4 is 5.32 Å². The normalized spacial score (nSPS) is 24.9. The molecule has 5 nitrogen and oxygen atoms in total. The Hall–Kier alpha value is -1.10. The molecule has 2 unspecified atom stereocenters. The average Bonchev–Trinajstić information content (AvgIpc) is 2.67. The highest BCUT2D eigenvalue weighted by Gasteiger charge is 2.34. The van der Waals surface area contributed by atoms with Gasteiger partial charge >= 0.3 is 11.9 Å². The average molecular weight is 215 g/mol. The largest absolute Gasteiger partial charge is 0.465 e. The summed E-state index contributed by atoms with van der Waals surface area (Å²) in [7, 11) is 0. The van der Waals surface area contributed by atoms with Crippen LogP contribution in [0.4, 0.5) is 0 Å². The second-order valence-electron chi connectivity index (χ2n) is 3.35. The first kappa shape index (κ1) is 12.0. The number of carbonyl (C=O) groups excluding carboxylic acids is 2. The van der Waals surface area contributed by atoms with Crippen molar-refractivity contribution in [3.63, 3.8) is 0 Å². The number of ether oxygens (including phenoxy) is 2. The number of esters is 2. The van der Waals surface area contributed by atoms with Crippen LogP contribution in [0.2, 0.25) is 0 Å². The summed E-state index contributed by atoms with van der Waals surface area (Å²) < 4.78 is 9.72. The molecule has 1 aliphatic rings. The molecule has 1 N–H and O–H groups in total. The van der Waals surface area contributed by atoms with Crippen molar-refractivity contribution in [2.45, 2.75) is 38.8 Å². The lowest BCUT2D eigenvalue weighted by molar-refractivity contribution is -0.146. The van der Waals surface area contributed by atoms with Crippen LogP contribution in [0.1, 0.15) is 26.7 Å². The molecular formula is C10H17NO4. The van der Waals surface area contributed by atoms with E-state index in [-0.39, 0.29) is 24.0 Å². The van der Waals surface area contributed by atoms with Gasteiger partial charge in [-0.15, -0.1) is 0 Å². The molecule has 0 aromatic heterocycles. The molecule has 5 heteroatoms. The van der Waals surface area contributed by atoms with E-state index in [0.29, 0.717) is 26.1 Å². The van der Waals surface area contributed by atoms with E-state index in [9.17, 15) is 9.59 Å². The molecule has 1 heterocycles. The molecule has 1 saturated heterocycles.